The fourth-order valence-electron chi connectivity index (χ4n) is 1.04. The molecule has 0 fully saturated rings. The second-order valence-corrected chi connectivity index (χ2v) is 3.58. The van der Waals surface area contributed by atoms with Crippen molar-refractivity contribution in [1.29, 1.82) is 0 Å². The first-order chi connectivity index (χ1) is 7.18. The van der Waals surface area contributed by atoms with Crippen LogP contribution in [-0.4, -0.2) is 18.4 Å². The molecular formula is C12H17NO2. The van der Waals surface area contributed by atoms with Gasteiger partial charge in [0.1, 0.15) is 11.9 Å². The minimum atomic E-state index is -0.00417. The Hall–Kier alpha value is -1.51. The quantitative estimate of drug-likeness (QED) is 0.549. The molecule has 0 spiro atoms. The highest BCUT2D eigenvalue weighted by Crippen LogP contribution is 2.10. The fraction of sp³-hybridized carbons (Fsp3) is 0.417. The zero-order valence-electron chi connectivity index (χ0n) is 9.43. The molecule has 1 unspecified atom stereocenters. The average molecular weight is 207 g/mol. The number of hydrogen-bond donors (Lipinski definition) is 0. The van der Waals surface area contributed by atoms with Gasteiger partial charge in [-0.2, -0.15) is 0 Å². The normalized spacial score (nSPS) is 11.7. The zero-order valence-corrected chi connectivity index (χ0v) is 9.43. The largest absolute Gasteiger partial charge is 0.487 e. The Balaban J connectivity index is 2.30. The van der Waals surface area contributed by atoms with Crippen molar-refractivity contribution in [2.75, 3.05) is 6.61 Å². The maximum absolute atomic E-state index is 5.60. The first kappa shape index (κ1) is 11.6. The van der Waals surface area contributed by atoms with Crippen molar-refractivity contribution < 1.29 is 9.57 Å². The molecule has 1 aromatic carbocycles. The second-order valence-electron chi connectivity index (χ2n) is 3.58. The van der Waals surface area contributed by atoms with Crippen molar-refractivity contribution in [3.05, 3.63) is 30.3 Å². The molecular weight excluding hydrogens is 190 g/mol. The van der Waals surface area contributed by atoms with Crippen molar-refractivity contribution in [2.24, 2.45) is 5.16 Å². The third-order valence-corrected chi connectivity index (χ3v) is 1.64. The number of hydrogen-bond acceptors (Lipinski definition) is 3. The van der Waals surface area contributed by atoms with E-state index >= 15 is 0 Å². The Morgan fingerprint density at radius 2 is 1.93 bits per heavy atom. The van der Waals surface area contributed by atoms with Gasteiger partial charge >= 0.3 is 0 Å². The van der Waals surface area contributed by atoms with Crippen LogP contribution in [0.25, 0.3) is 0 Å². The summed E-state index contributed by atoms with van der Waals surface area (Å²) in [7, 11) is 0. The van der Waals surface area contributed by atoms with Crippen LogP contribution >= 0.6 is 0 Å². The Morgan fingerprint density at radius 3 is 2.53 bits per heavy atom. The fourth-order valence-corrected chi connectivity index (χ4v) is 1.04. The Morgan fingerprint density at radius 1 is 1.27 bits per heavy atom. The van der Waals surface area contributed by atoms with E-state index in [-0.39, 0.29) is 6.10 Å². The lowest BCUT2D eigenvalue weighted by Crippen LogP contribution is -2.17. The van der Waals surface area contributed by atoms with E-state index in [1.54, 1.807) is 0 Å². The molecule has 0 heterocycles. The number of para-hydroxylation sites is 1. The van der Waals surface area contributed by atoms with Gasteiger partial charge in [-0.25, -0.2) is 0 Å². The molecule has 82 valence electrons. The Bertz CT molecular complexity index is 305. The van der Waals surface area contributed by atoms with Gasteiger partial charge in [0.2, 0.25) is 0 Å². The molecule has 3 heteroatoms. The van der Waals surface area contributed by atoms with Gasteiger partial charge in [0.15, 0.2) is 6.61 Å². The third-order valence-electron chi connectivity index (χ3n) is 1.64. The van der Waals surface area contributed by atoms with Crippen molar-refractivity contribution in [3.8, 4) is 5.75 Å². The smallest absolute Gasteiger partial charge is 0.153 e. The molecule has 1 rings (SSSR count). The van der Waals surface area contributed by atoms with Crippen LogP contribution in [0.2, 0.25) is 0 Å². The van der Waals surface area contributed by atoms with Gasteiger partial charge < -0.3 is 9.57 Å². The highest BCUT2D eigenvalue weighted by atomic mass is 16.6. The van der Waals surface area contributed by atoms with Crippen molar-refractivity contribution in [1.82, 2.24) is 0 Å². The minimum Gasteiger partial charge on any atom is -0.487 e. The molecule has 0 aliphatic carbocycles. The molecule has 0 saturated heterocycles. The summed E-state index contributed by atoms with van der Waals surface area (Å²) in [5, 5.41) is 3.84. The van der Waals surface area contributed by atoms with E-state index in [2.05, 4.69) is 5.16 Å². The summed E-state index contributed by atoms with van der Waals surface area (Å²) < 4.78 is 5.60. The van der Waals surface area contributed by atoms with E-state index in [0.717, 1.165) is 11.5 Å². The van der Waals surface area contributed by atoms with Gasteiger partial charge in [-0.05, 0) is 32.9 Å². The SMILES string of the molecule is CC(C)=NOCC(C)Oc1ccccc1. The minimum absolute atomic E-state index is 0.00417. The molecule has 0 N–H and O–H groups in total. The summed E-state index contributed by atoms with van der Waals surface area (Å²) in [5.74, 6) is 0.853. The lowest BCUT2D eigenvalue weighted by Gasteiger charge is -2.13. The molecule has 0 amide bonds. The number of nitrogens with zero attached hydrogens (tertiary/aromatic N) is 1. The molecule has 0 radical (unpaired) electrons. The summed E-state index contributed by atoms with van der Waals surface area (Å²) in [6, 6.07) is 9.68. The molecule has 0 bridgehead atoms. The van der Waals surface area contributed by atoms with E-state index in [1.807, 2.05) is 51.1 Å². The summed E-state index contributed by atoms with van der Waals surface area (Å²) in [4.78, 5) is 5.09. The summed E-state index contributed by atoms with van der Waals surface area (Å²) in [6.45, 7) is 6.19. The highest BCUT2D eigenvalue weighted by Gasteiger charge is 2.03. The van der Waals surface area contributed by atoms with Crippen molar-refractivity contribution in [2.45, 2.75) is 26.9 Å². The van der Waals surface area contributed by atoms with E-state index in [4.69, 9.17) is 9.57 Å². The predicted molar refractivity (Wildman–Crippen MR) is 61.3 cm³/mol. The number of oxime groups is 1. The summed E-state index contributed by atoms with van der Waals surface area (Å²) in [5.41, 5.74) is 0.905. The van der Waals surface area contributed by atoms with Gasteiger partial charge in [0.25, 0.3) is 0 Å². The maximum Gasteiger partial charge on any atom is 0.153 e. The Labute approximate surface area is 90.7 Å². The second kappa shape index (κ2) is 6.06. The average Bonchev–Trinajstić information content (AvgIpc) is 2.18. The third kappa shape index (κ3) is 5.05. The molecule has 1 aromatic rings. The van der Waals surface area contributed by atoms with E-state index in [0.29, 0.717) is 6.61 Å². The molecule has 0 aliphatic rings. The van der Waals surface area contributed by atoms with Crippen LogP contribution in [0, 0.1) is 0 Å². The monoisotopic (exact) mass is 207 g/mol. The highest BCUT2D eigenvalue weighted by molar-refractivity contribution is 5.78. The van der Waals surface area contributed by atoms with E-state index in [9.17, 15) is 0 Å². The first-order valence-electron chi connectivity index (χ1n) is 5.03. The van der Waals surface area contributed by atoms with Crippen molar-refractivity contribution in [3.63, 3.8) is 0 Å². The number of rotatable bonds is 5. The van der Waals surface area contributed by atoms with Crippen LogP contribution in [0.1, 0.15) is 20.8 Å². The van der Waals surface area contributed by atoms with Crippen LogP contribution in [0.15, 0.2) is 35.5 Å². The van der Waals surface area contributed by atoms with Crippen LogP contribution in [0.3, 0.4) is 0 Å². The lowest BCUT2D eigenvalue weighted by molar-refractivity contribution is 0.0628. The summed E-state index contributed by atoms with van der Waals surface area (Å²) in [6.07, 6.45) is -0.00417. The van der Waals surface area contributed by atoms with Gasteiger partial charge in [-0.15, -0.1) is 0 Å². The molecule has 1 atom stereocenters. The van der Waals surface area contributed by atoms with Crippen LogP contribution in [0.5, 0.6) is 5.75 Å². The van der Waals surface area contributed by atoms with Crippen molar-refractivity contribution >= 4 is 5.71 Å². The molecule has 0 saturated carbocycles. The van der Waals surface area contributed by atoms with Gasteiger partial charge in [0.05, 0.1) is 5.71 Å². The first-order valence-corrected chi connectivity index (χ1v) is 5.03. The number of benzene rings is 1. The molecule has 0 aliphatic heterocycles. The standard InChI is InChI=1S/C12H17NO2/c1-10(2)13-14-9-11(3)15-12-7-5-4-6-8-12/h4-8,11H,9H2,1-3H3. The lowest BCUT2D eigenvalue weighted by atomic mass is 10.3. The number of ether oxygens (including phenoxy) is 1. The van der Waals surface area contributed by atoms with Gasteiger partial charge in [-0.3, -0.25) is 0 Å². The van der Waals surface area contributed by atoms with Crippen LogP contribution < -0.4 is 4.74 Å². The topological polar surface area (TPSA) is 30.8 Å². The van der Waals surface area contributed by atoms with E-state index < -0.39 is 0 Å². The summed E-state index contributed by atoms with van der Waals surface area (Å²) >= 11 is 0. The van der Waals surface area contributed by atoms with Gasteiger partial charge in [0, 0.05) is 0 Å². The predicted octanol–water partition coefficient (Wildman–Crippen LogP) is 2.87. The maximum atomic E-state index is 5.60. The molecule has 0 aromatic heterocycles. The zero-order chi connectivity index (χ0) is 11.1. The van der Waals surface area contributed by atoms with Crippen LogP contribution in [-0.2, 0) is 4.84 Å². The molecule has 3 nitrogen and oxygen atoms in total. The molecule has 15 heavy (non-hydrogen) atoms. The van der Waals surface area contributed by atoms with Gasteiger partial charge in [-0.1, -0.05) is 23.4 Å². The Kier molecular flexibility index (Phi) is 4.68. The van der Waals surface area contributed by atoms with E-state index in [1.165, 1.54) is 0 Å². The van der Waals surface area contributed by atoms with Crippen LogP contribution in [0.4, 0.5) is 0 Å².